The third kappa shape index (κ3) is 5.50. The van der Waals surface area contributed by atoms with Crippen LogP contribution >= 0.6 is 11.3 Å². The van der Waals surface area contributed by atoms with Crippen LogP contribution in [0.5, 0.6) is 0 Å². The molecule has 2 nitrogen and oxygen atoms in total. The third-order valence-electron chi connectivity index (χ3n) is 13.5. The summed E-state index contributed by atoms with van der Waals surface area (Å²) in [5.41, 5.74) is 9.54. The summed E-state index contributed by atoms with van der Waals surface area (Å²) in [6, 6.07) is 90.4. The molecule has 0 aliphatic rings. The smallest absolute Gasteiger partial charge is 0.179 e. The zero-order valence-electron chi connectivity index (χ0n) is 34.9. The number of hydrogen-bond donors (Lipinski definition) is 0. The number of para-hydroxylation sites is 2. The topological polar surface area (TPSA) is 9.86 Å². The molecule has 10 aromatic carbocycles. The summed E-state index contributed by atoms with van der Waals surface area (Å²) in [6.07, 6.45) is 0. The molecule has 4 heteroatoms. The minimum atomic E-state index is -2.68. The lowest BCUT2D eigenvalue weighted by Gasteiger charge is -2.34. The van der Waals surface area contributed by atoms with Gasteiger partial charge in [-0.1, -0.05) is 182 Å². The Kier molecular flexibility index (Phi) is 8.45. The van der Waals surface area contributed by atoms with Gasteiger partial charge < -0.3 is 9.13 Å². The van der Waals surface area contributed by atoms with Crippen molar-refractivity contribution in [3.05, 3.63) is 243 Å². The van der Waals surface area contributed by atoms with Gasteiger partial charge in [-0.15, -0.1) is 11.3 Å². The quantitative estimate of drug-likeness (QED) is 0.112. The van der Waals surface area contributed by atoms with E-state index >= 15 is 0 Å². The lowest BCUT2D eigenvalue weighted by atomic mass is 9.98. The summed E-state index contributed by atoms with van der Waals surface area (Å²) in [7, 11) is -2.68. The Morgan fingerprint density at radius 3 is 1.48 bits per heavy atom. The molecule has 0 fully saturated rings. The molecule has 0 radical (unpaired) electrons. The van der Waals surface area contributed by atoms with Gasteiger partial charge in [0.2, 0.25) is 0 Å². The predicted octanol–water partition coefficient (Wildman–Crippen LogP) is 13.3. The first-order valence-electron chi connectivity index (χ1n) is 22.0. The van der Waals surface area contributed by atoms with Crippen LogP contribution < -0.4 is 20.7 Å². The van der Waals surface area contributed by atoms with Crippen LogP contribution in [0.15, 0.2) is 243 Å². The second kappa shape index (κ2) is 14.7. The minimum absolute atomic E-state index is 1.14. The number of benzene rings is 10. The van der Waals surface area contributed by atoms with E-state index in [1.165, 1.54) is 95.7 Å². The first-order valence-corrected chi connectivity index (χ1v) is 24.8. The Morgan fingerprint density at radius 2 is 0.797 bits per heavy atom. The number of nitrogens with zero attached hydrogens (tertiary/aromatic N) is 2. The zero-order valence-corrected chi connectivity index (χ0v) is 36.7. The fourth-order valence-corrected chi connectivity index (χ4v) is 16.6. The van der Waals surface area contributed by atoms with Gasteiger partial charge >= 0.3 is 0 Å². The summed E-state index contributed by atoms with van der Waals surface area (Å²) in [6.45, 7) is 0. The van der Waals surface area contributed by atoms with Crippen LogP contribution in [-0.4, -0.2) is 17.2 Å². The molecule has 0 N–H and O–H groups in total. The normalized spacial score (nSPS) is 12.1. The molecule has 3 heterocycles. The van der Waals surface area contributed by atoms with Gasteiger partial charge in [0.15, 0.2) is 8.07 Å². The maximum atomic E-state index is 2.47. The maximum Gasteiger partial charge on any atom is 0.179 e. The molecular formula is C60H40N2SSi. The van der Waals surface area contributed by atoms with Crippen LogP contribution in [0.1, 0.15) is 0 Å². The number of aromatic nitrogens is 2. The predicted molar refractivity (Wildman–Crippen MR) is 277 cm³/mol. The summed E-state index contributed by atoms with van der Waals surface area (Å²) in [5.74, 6) is 0. The number of rotatable bonds is 7. The highest BCUT2D eigenvalue weighted by Gasteiger charge is 2.41. The van der Waals surface area contributed by atoms with Crippen LogP contribution in [0, 0.1) is 0 Å². The SMILES string of the molecule is c1ccc([Si](c2ccccc2)(c2ccccc2)c2ccc(-n3c4ccccc4c4ccc(-n5c6ccccc6c6c(-c7ccc8sc9ccccc9c8c7)cccc65)cc43)cc2)cc1. The van der Waals surface area contributed by atoms with Crippen molar-refractivity contribution in [2.45, 2.75) is 0 Å². The van der Waals surface area contributed by atoms with Gasteiger partial charge in [-0.25, -0.2) is 0 Å². The van der Waals surface area contributed by atoms with E-state index in [1.807, 2.05) is 11.3 Å². The van der Waals surface area contributed by atoms with Gasteiger partial charge in [0.1, 0.15) is 0 Å². The Labute approximate surface area is 376 Å². The molecule has 0 saturated heterocycles. The Hall–Kier alpha value is -7.76. The van der Waals surface area contributed by atoms with E-state index in [0.29, 0.717) is 0 Å². The van der Waals surface area contributed by atoms with E-state index in [1.54, 1.807) is 0 Å². The molecule has 0 spiro atoms. The van der Waals surface area contributed by atoms with E-state index in [-0.39, 0.29) is 0 Å². The number of hydrogen-bond acceptors (Lipinski definition) is 1. The summed E-state index contributed by atoms with van der Waals surface area (Å²) in [5, 5.41) is 13.1. The van der Waals surface area contributed by atoms with Gasteiger partial charge in [0.05, 0.1) is 22.1 Å². The highest BCUT2D eigenvalue weighted by Crippen LogP contribution is 2.42. The van der Waals surface area contributed by atoms with Crippen LogP contribution in [-0.2, 0) is 0 Å². The molecule has 300 valence electrons. The van der Waals surface area contributed by atoms with Gasteiger partial charge in [-0.2, -0.15) is 0 Å². The average molecular weight is 849 g/mol. The van der Waals surface area contributed by atoms with Crippen molar-refractivity contribution in [1.29, 1.82) is 0 Å². The molecule has 0 amide bonds. The largest absolute Gasteiger partial charge is 0.309 e. The van der Waals surface area contributed by atoms with E-state index in [9.17, 15) is 0 Å². The van der Waals surface area contributed by atoms with Gasteiger partial charge in [-0.3, -0.25) is 0 Å². The van der Waals surface area contributed by atoms with Crippen LogP contribution in [0.4, 0.5) is 0 Å². The monoisotopic (exact) mass is 848 g/mol. The Morgan fingerprint density at radius 1 is 0.297 bits per heavy atom. The fourth-order valence-electron chi connectivity index (χ4n) is 10.7. The molecule has 0 saturated carbocycles. The second-order valence-electron chi connectivity index (χ2n) is 16.8. The van der Waals surface area contributed by atoms with Gasteiger partial charge in [0.25, 0.3) is 0 Å². The van der Waals surface area contributed by atoms with Crippen molar-refractivity contribution in [2.24, 2.45) is 0 Å². The average Bonchev–Trinajstić information content (AvgIpc) is 4.03. The standard InChI is InChI=1S/C60H40N2SSi/c1-4-17-44(18-5-1)64(45-19-6-2-7-20-45,46-21-8-3-9-22-46)47-35-32-42(33-36-47)61-54-27-13-10-23-49(54)50-37-34-43(40-57(50)61)62-55-28-14-11-25-52(55)60-48(26-16-29-56(60)62)41-31-38-59-53(39-41)51-24-12-15-30-58(51)63-59/h1-40H. The Balaban J connectivity index is 1.01. The first kappa shape index (κ1) is 36.9. The van der Waals surface area contributed by atoms with Gasteiger partial charge in [-0.05, 0) is 92.5 Å². The lowest BCUT2D eigenvalue weighted by molar-refractivity contribution is 1.16. The minimum Gasteiger partial charge on any atom is -0.309 e. The maximum absolute atomic E-state index is 2.68. The molecular weight excluding hydrogens is 809 g/mol. The molecule has 0 bridgehead atoms. The van der Waals surface area contributed by atoms with E-state index in [4.69, 9.17) is 0 Å². The first-order chi connectivity index (χ1) is 31.8. The molecule has 3 aromatic heterocycles. The summed E-state index contributed by atoms with van der Waals surface area (Å²) < 4.78 is 7.59. The molecule has 0 aliphatic heterocycles. The number of fused-ring (bicyclic) bond motifs is 9. The molecule has 13 rings (SSSR count). The number of thiophene rings is 1. The van der Waals surface area contributed by atoms with E-state index in [2.05, 4.69) is 252 Å². The van der Waals surface area contributed by atoms with Crippen LogP contribution in [0.3, 0.4) is 0 Å². The second-order valence-corrected chi connectivity index (χ2v) is 21.7. The van der Waals surface area contributed by atoms with Crippen molar-refractivity contribution in [3.63, 3.8) is 0 Å². The molecule has 0 unspecified atom stereocenters. The van der Waals surface area contributed by atoms with E-state index in [0.717, 1.165) is 11.4 Å². The highest BCUT2D eigenvalue weighted by atomic mass is 32.1. The summed E-state index contributed by atoms with van der Waals surface area (Å²) >= 11 is 1.87. The molecule has 0 aliphatic carbocycles. The molecule has 64 heavy (non-hydrogen) atoms. The van der Waals surface area contributed by atoms with Crippen molar-refractivity contribution in [1.82, 2.24) is 9.13 Å². The summed E-state index contributed by atoms with van der Waals surface area (Å²) in [4.78, 5) is 0. The van der Waals surface area contributed by atoms with Crippen LogP contribution in [0.25, 0.3) is 86.3 Å². The van der Waals surface area contributed by atoms with Crippen molar-refractivity contribution < 1.29 is 0 Å². The van der Waals surface area contributed by atoms with Gasteiger partial charge in [0, 0.05) is 53.1 Å². The molecule has 0 atom stereocenters. The van der Waals surface area contributed by atoms with Crippen molar-refractivity contribution in [2.75, 3.05) is 0 Å². The highest BCUT2D eigenvalue weighted by molar-refractivity contribution is 7.25. The fraction of sp³-hybridized carbons (Fsp3) is 0. The van der Waals surface area contributed by atoms with Crippen molar-refractivity contribution in [3.8, 4) is 22.5 Å². The lowest BCUT2D eigenvalue weighted by Crippen LogP contribution is -2.74. The zero-order chi connectivity index (χ0) is 42.2. The van der Waals surface area contributed by atoms with Crippen molar-refractivity contribution >= 4 is 104 Å². The third-order valence-corrected chi connectivity index (χ3v) is 19.4. The Bertz CT molecular complexity index is 3790. The molecule has 13 aromatic rings. The van der Waals surface area contributed by atoms with E-state index < -0.39 is 8.07 Å². The van der Waals surface area contributed by atoms with Crippen LogP contribution in [0.2, 0.25) is 0 Å².